The fraction of sp³-hybridized carbons (Fsp3) is 0.478. The van der Waals surface area contributed by atoms with Crippen molar-refractivity contribution in [3.63, 3.8) is 0 Å². The maximum Gasteiger partial charge on any atom is 0.241 e. The molecule has 1 spiro atoms. The molecule has 156 valence electrons. The predicted molar refractivity (Wildman–Crippen MR) is 113 cm³/mol. The highest BCUT2D eigenvalue weighted by molar-refractivity contribution is 7.89. The topological polar surface area (TPSA) is 64.6 Å². The zero-order valence-electron chi connectivity index (χ0n) is 17.3. The van der Waals surface area contributed by atoms with Gasteiger partial charge in [-0.25, -0.2) is 13.1 Å². The highest BCUT2D eigenvalue weighted by atomic mass is 32.2. The molecular formula is C23H29NO4S. The van der Waals surface area contributed by atoms with Gasteiger partial charge >= 0.3 is 0 Å². The van der Waals surface area contributed by atoms with Crippen LogP contribution in [0.4, 0.5) is 0 Å². The summed E-state index contributed by atoms with van der Waals surface area (Å²) in [4.78, 5) is 0.333. The van der Waals surface area contributed by atoms with Crippen LogP contribution in [0.1, 0.15) is 61.3 Å². The number of nitrogens with one attached hydrogen (secondary N) is 1. The van der Waals surface area contributed by atoms with Crippen LogP contribution in [0.25, 0.3) is 0 Å². The summed E-state index contributed by atoms with van der Waals surface area (Å²) in [6, 6.07) is 11.0. The smallest absolute Gasteiger partial charge is 0.241 e. The van der Waals surface area contributed by atoms with Crippen molar-refractivity contribution in [2.24, 2.45) is 0 Å². The van der Waals surface area contributed by atoms with Crippen molar-refractivity contribution < 1.29 is 17.9 Å². The van der Waals surface area contributed by atoms with Gasteiger partial charge in [0.15, 0.2) is 0 Å². The zero-order valence-corrected chi connectivity index (χ0v) is 18.1. The van der Waals surface area contributed by atoms with Gasteiger partial charge in [0.25, 0.3) is 0 Å². The number of ether oxygens (including phenoxy) is 2. The maximum atomic E-state index is 13.4. The number of aryl methyl sites for hydroxylation is 2. The molecule has 1 saturated carbocycles. The summed E-state index contributed by atoms with van der Waals surface area (Å²) in [6.07, 6.45) is 6.07. The Hall–Kier alpha value is -2.05. The van der Waals surface area contributed by atoms with Crippen molar-refractivity contribution in [2.75, 3.05) is 7.11 Å². The first kappa shape index (κ1) is 20.2. The van der Waals surface area contributed by atoms with E-state index in [1.54, 1.807) is 19.2 Å². The standard InChI is InChI=1S/C23H29NO4S/c1-16-13-18(27-3)14-17(2)22(16)29(25,26)24-20-15-23(11-7-4-8-12-23)28-21-10-6-5-9-19(20)21/h5-6,9-10,13-14,20,24H,4,7-8,11-12,15H2,1-3H3/t20-/m1/s1. The Kier molecular flexibility index (Phi) is 5.34. The Morgan fingerprint density at radius 2 is 1.72 bits per heavy atom. The lowest BCUT2D eigenvalue weighted by Gasteiger charge is -2.44. The summed E-state index contributed by atoms with van der Waals surface area (Å²) in [5.74, 6) is 1.47. The first-order chi connectivity index (χ1) is 13.8. The van der Waals surface area contributed by atoms with Gasteiger partial charge in [0.05, 0.1) is 18.0 Å². The molecule has 1 aliphatic heterocycles. The molecule has 2 aromatic carbocycles. The van der Waals surface area contributed by atoms with E-state index in [2.05, 4.69) is 4.72 Å². The molecule has 0 amide bonds. The van der Waals surface area contributed by atoms with E-state index in [-0.39, 0.29) is 11.6 Å². The van der Waals surface area contributed by atoms with Crippen LogP contribution in [0.3, 0.4) is 0 Å². The van der Waals surface area contributed by atoms with E-state index in [0.717, 1.165) is 37.0 Å². The molecule has 0 bridgehead atoms. The first-order valence-corrected chi connectivity index (χ1v) is 11.8. The summed E-state index contributed by atoms with van der Waals surface area (Å²) in [5.41, 5.74) is 2.00. The van der Waals surface area contributed by atoms with E-state index >= 15 is 0 Å². The van der Waals surface area contributed by atoms with Crippen LogP contribution in [0.5, 0.6) is 11.5 Å². The maximum absolute atomic E-state index is 13.4. The van der Waals surface area contributed by atoms with Crippen LogP contribution in [0.15, 0.2) is 41.3 Å². The number of fused-ring (bicyclic) bond motifs is 1. The predicted octanol–water partition coefficient (Wildman–Crippen LogP) is 4.82. The van der Waals surface area contributed by atoms with E-state index in [0.29, 0.717) is 28.2 Å². The van der Waals surface area contributed by atoms with Crippen molar-refractivity contribution in [1.82, 2.24) is 4.72 Å². The van der Waals surface area contributed by atoms with Crippen molar-refractivity contribution >= 4 is 10.0 Å². The van der Waals surface area contributed by atoms with E-state index in [1.807, 2.05) is 38.1 Å². The minimum absolute atomic E-state index is 0.274. The number of hydrogen-bond donors (Lipinski definition) is 1. The molecule has 1 N–H and O–H groups in total. The minimum atomic E-state index is -3.71. The van der Waals surface area contributed by atoms with Gasteiger partial charge in [-0.3, -0.25) is 0 Å². The quantitative estimate of drug-likeness (QED) is 0.778. The second-order valence-corrected chi connectivity index (χ2v) is 10.0. The summed E-state index contributed by atoms with van der Waals surface area (Å²) in [5, 5.41) is 0. The Labute approximate surface area is 173 Å². The number of rotatable bonds is 4. The van der Waals surface area contributed by atoms with Crippen molar-refractivity contribution in [3.05, 3.63) is 53.1 Å². The number of para-hydroxylation sites is 1. The third kappa shape index (κ3) is 3.88. The molecule has 2 aromatic rings. The third-order valence-corrected chi connectivity index (χ3v) is 7.97. The molecule has 4 rings (SSSR count). The molecule has 5 nitrogen and oxygen atoms in total. The molecular weight excluding hydrogens is 386 g/mol. The largest absolute Gasteiger partial charge is 0.497 e. The number of methoxy groups -OCH3 is 1. The molecule has 0 saturated heterocycles. The summed E-state index contributed by atoms with van der Waals surface area (Å²) < 4.78 is 41.6. The van der Waals surface area contributed by atoms with Gasteiger partial charge in [-0.15, -0.1) is 0 Å². The van der Waals surface area contributed by atoms with Gasteiger partial charge in [0.2, 0.25) is 10.0 Å². The van der Waals surface area contributed by atoms with Crippen LogP contribution in [-0.4, -0.2) is 21.1 Å². The molecule has 1 aliphatic carbocycles. The normalized spacial score (nSPS) is 20.7. The Morgan fingerprint density at radius 1 is 1.07 bits per heavy atom. The highest BCUT2D eigenvalue weighted by Crippen LogP contribution is 2.46. The van der Waals surface area contributed by atoms with Crippen molar-refractivity contribution in [2.45, 2.75) is 68.9 Å². The van der Waals surface area contributed by atoms with E-state index in [4.69, 9.17) is 9.47 Å². The molecule has 1 fully saturated rings. The van der Waals surface area contributed by atoms with Gasteiger partial charge in [0, 0.05) is 12.0 Å². The van der Waals surface area contributed by atoms with E-state index in [9.17, 15) is 8.42 Å². The minimum Gasteiger partial charge on any atom is -0.497 e. The molecule has 1 heterocycles. The second-order valence-electron chi connectivity index (χ2n) is 8.35. The molecule has 0 radical (unpaired) electrons. The fourth-order valence-electron chi connectivity index (χ4n) is 4.92. The third-order valence-electron chi connectivity index (χ3n) is 6.20. The fourth-order valence-corrected chi connectivity index (χ4v) is 6.59. The monoisotopic (exact) mass is 415 g/mol. The average Bonchev–Trinajstić information content (AvgIpc) is 2.67. The van der Waals surface area contributed by atoms with Gasteiger partial charge in [-0.1, -0.05) is 24.6 Å². The van der Waals surface area contributed by atoms with E-state index in [1.165, 1.54) is 6.42 Å². The lowest BCUT2D eigenvalue weighted by Crippen LogP contribution is -2.46. The highest BCUT2D eigenvalue weighted by Gasteiger charge is 2.43. The summed E-state index contributed by atoms with van der Waals surface area (Å²) in [6.45, 7) is 3.62. The average molecular weight is 416 g/mol. The molecule has 2 aliphatic rings. The number of benzene rings is 2. The van der Waals surface area contributed by atoms with Gasteiger partial charge < -0.3 is 9.47 Å². The van der Waals surface area contributed by atoms with Crippen molar-refractivity contribution in [3.8, 4) is 11.5 Å². The summed E-state index contributed by atoms with van der Waals surface area (Å²) >= 11 is 0. The van der Waals surface area contributed by atoms with Gasteiger partial charge in [0.1, 0.15) is 17.1 Å². The van der Waals surface area contributed by atoms with E-state index < -0.39 is 10.0 Å². The van der Waals surface area contributed by atoms with Crippen LogP contribution < -0.4 is 14.2 Å². The molecule has 0 unspecified atom stereocenters. The van der Waals surface area contributed by atoms with Crippen molar-refractivity contribution in [1.29, 1.82) is 0 Å². The second kappa shape index (κ2) is 7.65. The van der Waals surface area contributed by atoms with Crippen LogP contribution in [0, 0.1) is 13.8 Å². The Morgan fingerprint density at radius 3 is 2.38 bits per heavy atom. The van der Waals surface area contributed by atoms with Crippen LogP contribution in [0.2, 0.25) is 0 Å². The zero-order chi connectivity index (χ0) is 20.6. The van der Waals surface area contributed by atoms with Gasteiger partial charge in [-0.05, 0) is 68.9 Å². The molecule has 29 heavy (non-hydrogen) atoms. The lowest BCUT2D eigenvalue weighted by atomic mass is 9.77. The summed E-state index contributed by atoms with van der Waals surface area (Å²) in [7, 11) is -2.12. The Bertz CT molecular complexity index is 986. The molecule has 0 aromatic heterocycles. The number of sulfonamides is 1. The van der Waals surface area contributed by atoms with Crippen LogP contribution in [-0.2, 0) is 10.0 Å². The number of hydrogen-bond acceptors (Lipinski definition) is 4. The first-order valence-electron chi connectivity index (χ1n) is 10.3. The lowest BCUT2D eigenvalue weighted by molar-refractivity contribution is 0.0000752. The SMILES string of the molecule is COc1cc(C)c(S(=O)(=O)N[C@@H]2CC3(CCCCC3)Oc3ccccc32)c(C)c1. The van der Waals surface area contributed by atoms with Crippen LogP contribution >= 0.6 is 0 Å². The molecule has 1 atom stereocenters. The van der Waals surface area contributed by atoms with Gasteiger partial charge in [-0.2, -0.15) is 0 Å². The Balaban J connectivity index is 1.71. The molecule has 6 heteroatoms.